The minimum absolute atomic E-state index is 0.355. The minimum Gasteiger partial charge on any atom is -0.497 e. The molecule has 0 unspecified atom stereocenters. The molecule has 1 atom stereocenters. The third-order valence-corrected chi connectivity index (χ3v) is 2.68. The fourth-order valence-electron chi connectivity index (χ4n) is 1.66. The molecule has 20 heavy (non-hydrogen) atoms. The Balaban J connectivity index is 2.18. The Kier molecular flexibility index (Phi) is 7.23. The van der Waals surface area contributed by atoms with Crippen LogP contribution in [0.2, 0.25) is 0 Å². The summed E-state index contributed by atoms with van der Waals surface area (Å²) in [5.41, 5.74) is 1.08. The Morgan fingerprint density at radius 2 is 2.05 bits per heavy atom. The van der Waals surface area contributed by atoms with E-state index < -0.39 is 6.10 Å². The normalized spacial score (nSPS) is 11.4. The molecule has 0 fully saturated rings. The van der Waals surface area contributed by atoms with E-state index in [4.69, 9.17) is 20.6 Å². The van der Waals surface area contributed by atoms with Gasteiger partial charge in [0.05, 0.1) is 13.7 Å². The lowest BCUT2D eigenvalue weighted by Crippen LogP contribution is -2.14. The molecule has 0 aromatic heterocycles. The molecule has 0 aliphatic heterocycles. The van der Waals surface area contributed by atoms with Gasteiger partial charge in [-0.2, -0.15) is 0 Å². The molecular formula is C16H20O4. The van der Waals surface area contributed by atoms with Gasteiger partial charge in [-0.05, 0) is 30.5 Å². The lowest BCUT2D eigenvalue weighted by atomic mass is 10.2. The van der Waals surface area contributed by atoms with Crippen LogP contribution in [0.25, 0.3) is 0 Å². The predicted octanol–water partition coefficient (Wildman–Crippen LogP) is 2.56. The van der Waals surface area contributed by atoms with Crippen LogP contribution in [0.3, 0.4) is 0 Å². The van der Waals surface area contributed by atoms with Gasteiger partial charge in [0.1, 0.15) is 5.75 Å². The van der Waals surface area contributed by atoms with Gasteiger partial charge in [0.15, 0.2) is 6.10 Å². The Labute approximate surface area is 120 Å². The van der Waals surface area contributed by atoms with Crippen molar-refractivity contribution in [2.45, 2.75) is 32.5 Å². The third-order valence-electron chi connectivity index (χ3n) is 2.68. The zero-order valence-corrected chi connectivity index (χ0v) is 11.9. The predicted molar refractivity (Wildman–Crippen MR) is 76.3 cm³/mol. The molecule has 0 aliphatic rings. The molecule has 1 aromatic rings. The van der Waals surface area contributed by atoms with Crippen LogP contribution in [0.15, 0.2) is 24.3 Å². The van der Waals surface area contributed by atoms with Crippen molar-refractivity contribution in [1.82, 2.24) is 0 Å². The monoisotopic (exact) mass is 276 g/mol. The van der Waals surface area contributed by atoms with Crippen LogP contribution in [0, 0.1) is 12.3 Å². The number of ether oxygens (including phenoxy) is 3. The largest absolute Gasteiger partial charge is 0.497 e. The molecule has 0 aliphatic carbocycles. The molecule has 0 N–H and O–H groups in total. The number of rotatable bonds is 8. The van der Waals surface area contributed by atoms with Crippen molar-refractivity contribution in [2.24, 2.45) is 0 Å². The Hall–Kier alpha value is -1.99. The van der Waals surface area contributed by atoms with Crippen LogP contribution in [-0.4, -0.2) is 25.8 Å². The molecular weight excluding hydrogens is 256 g/mol. The summed E-state index contributed by atoms with van der Waals surface area (Å²) in [5, 5.41) is 0. The summed E-state index contributed by atoms with van der Waals surface area (Å²) >= 11 is 0. The van der Waals surface area contributed by atoms with Gasteiger partial charge in [0.2, 0.25) is 0 Å². The maximum Gasteiger partial charge on any atom is 0.303 e. The highest BCUT2D eigenvalue weighted by atomic mass is 16.5. The van der Waals surface area contributed by atoms with Crippen molar-refractivity contribution in [2.75, 3.05) is 13.7 Å². The van der Waals surface area contributed by atoms with E-state index in [1.165, 1.54) is 6.92 Å². The van der Waals surface area contributed by atoms with Crippen molar-refractivity contribution >= 4 is 5.97 Å². The van der Waals surface area contributed by atoms with E-state index in [-0.39, 0.29) is 5.97 Å². The SMILES string of the molecule is C#C[C@H](CCCOCc1ccc(OC)cc1)OC(C)=O. The first kappa shape index (κ1) is 16.1. The van der Waals surface area contributed by atoms with Gasteiger partial charge in [-0.1, -0.05) is 18.1 Å². The molecule has 1 rings (SSSR count). The molecule has 0 saturated carbocycles. The smallest absolute Gasteiger partial charge is 0.303 e. The Morgan fingerprint density at radius 1 is 1.35 bits per heavy atom. The second-order valence-electron chi connectivity index (χ2n) is 4.31. The Bertz CT molecular complexity index is 445. The number of hydrogen-bond donors (Lipinski definition) is 0. The molecule has 108 valence electrons. The summed E-state index contributed by atoms with van der Waals surface area (Å²) < 4.78 is 15.6. The molecule has 0 radical (unpaired) electrons. The summed E-state index contributed by atoms with van der Waals surface area (Å²) in [7, 11) is 1.64. The molecule has 0 saturated heterocycles. The van der Waals surface area contributed by atoms with Gasteiger partial charge in [0, 0.05) is 13.5 Å². The maximum absolute atomic E-state index is 10.8. The standard InChI is InChI=1S/C16H20O4/c1-4-15(20-13(2)17)6-5-11-19-12-14-7-9-16(18-3)10-8-14/h1,7-10,15H,5-6,11-12H2,2-3H3/t15-/m1/s1. The van der Waals surface area contributed by atoms with E-state index in [1.54, 1.807) is 7.11 Å². The summed E-state index contributed by atoms with van der Waals surface area (Å²) in [5.74, 6) is 2.91. The zero-order valence-electron chi connectivity index (χ0n) is 11.9. The van der Waals surface area contributed by atoms with Gasteiger partial charge in [0.25, 0.3) is 0 Å². The Morgan fingerprint density at radius 3 is 2.60 bits per heavy atom. The topological polar surface area (TPSA) is 44.8 Å². The molecule has 1 aromatic carbocycles. The number of benzene rings is 1. The van der Waals surface area contributed by atoms with E-state index >= 15 is 0 Å². The molecule has 4 nitrogen and oxygen atoms in total. The van der Waals surface area contributed by atoms with Crippen LogP contribution in [-0.2, 0) is 20.9 Å². The van der Waals surface area contributed by atoms with Crippen molar-refractivity contribution in [3.8, 4) is 18.1 Å². The summed E-state index contributed by atoms with van der Waals surface area (Å²) in [6.45, 7) is 2.47. The lowest BCUT2D eigenvalue weighted by Gasteiger charge is -2.11. The van der Waals surface area contributed by atoms with Gasteiger partial charge in [-0.15, -0.1) is 6.42 Å². The van der Waals surface area contributed by atoms with Crippen LogP contribution in [0.4, 0.5) is 0 Å². The van der Waals surface area contributed by atoms with Crippen LogP contribution < -0.4 is 4.74 Å². The number of esters is 1. The van der Waals surface area contributed by atoms with Gasteiger partial charge in [-0.25, -0.2) is 0 Å². The summed E-state index contributed by atoms with van der Waals surface area (Å²) in [4.78, 5) is 10.8. The summed E-state index contributed by atoms with van der Waals surface area (Å²) in [6, 6.07) is 7.71. The molecule has 4 heteroatoms. The summed E-state index contributed by atoms with van der Waals surface area (Å²) in [6.07, 6.45) is 6.17. The first-order chi connectivity index (χ1) is 9.65. The van der Waals surface area contributed by atoms with E-state index in [1.807, 2.05) is 24.3 Å². The second kappa shape index (κ2) is 9.00. The number of hydrogen-bond acceptors (Lipinski definition) is 4. The molecule has 0 bridgehead atoms. The van der Waals surface area contributed by atoms with Crippen molar-refractivity contribution < 1.29 is 19.0 Å². The lowest BCUT2D eigenvalue weighted by molar-refractivity contribution is -0.144. The van der Waals surface area contributed by atoms with E-state index in [2.05, 4.69) is 5.92 Å². The average Bonchev–Trinajstić information content (AvgIpc) is 2.46. The first-order valence-electron chi connectivity index (χ1n) is 6.49. The van der Waals surface area contributed by atoms with Crippen molar-refractivity contribution in [3.05, 3.63) is 29.8 Å². The highest BCUT2D eigenvalue weighted by molar-refractivity contribution is 5.66. The number of methoxy groups -OCH3 is 1. The third kappa shape index (κ3) is 6.26. The molecule has 0 amide bonds. The van der Waals surface area contributed by atoms with E-state index in [0.717, 1.165) is 17.7 Å². The fraction of sp³-hybridized carbons (Fsp3) is 0.438. The second-order valence-corrected chi connectivity index (χ2v) is 4.31. The minimum atomic E-state index is -0.461. The molecule has 0 heterocycles. The highest BCUT2D eigenvalue weighted by Crippen LogP contribution is 2.12. The van der Waals surface area contributed by atoms with E-state index in [0.29, 0.717) is 19.6 Å². The van der Waals surface area contributed by atoms with Crippen LogP contribution >= 0.6 is 0 Å². The average molecular weight is 276 g/mol. The highest BCUT2D eigenvalue weighted by Gasteiger charge is 2.07. The van der Waals surface area contributed by atoms with Gasteiger partial charge < -0.3 is 14.2 Å². The van der Waals surface area contributed by atoms with Gasteiger partial charge >= 0.3 is 5.97 Å². The number of carbonyl (C=O) groups is 1. The fourth-order valence-corrected chi connectivity index (χ4v) is 1.66. The van der Waals surface area contributed by atoms with Gasteiger partial charge in [-0.3, -0.25) is 4.79 Å². The molecule has 0 spiro atoms. The van der Waals surface area contributed by atoms with Crippen LogP contribution in [0.1, 0.15) is 25.3 Å². The van der Waals surface area contributed by atoms with Crippen molar-refractivity contribution in [3.63, 3.8) is 0 Å². The quantitative estimate of drug-likeness (QED) is 0.416. The van der Waals surface area contributed by atoms with Crippen LogP contribution in [0.5, 0.6) is 5.75 Å². The zero-order chi connectivity index (χ0) is 14.8. The number of terminal acetylenes is 1. The first-order valence-corrected chi connectivity index (χ1v) is 6.49. The van der Waals surface area contributed by atoms with Crippen molar-refractivity contribution in [1.29, 1.82) is 0 Å². The number of carbonyl (C=O) groups excluding carboxylic acids is 1. The van der Waals surface area contributed by atoms with E-state index in [9.17, 15) is 4.79 Å². The maximum atomic E-state index is 10.8.